The van der Waals surface area contributed by atoms with E-state index in [1.54, 1.807) is 11.0 Å². The van der Waals surface area contributed by atoms with E-state index in [0.717, 1.165) is 11.3 Å². The molecule has 2 aromatic rings. The van der Waals surface area contributed by atoms with Crippen LogP contribution in [0.3, 0.4) is 0 Å². The van der Waals surface area contributed by atoms with E-state index < -0.39 is 12.7 Å². The lowest BCUT2D eigenvalue weighted by atomic mass is 10.2. The Labute approximate surface area is 184 Å². The number of nitrogens with zero attached hydrogens (tertiary/aromatic N) is 5. The molecule has 1 aromatic carbocycles. The Bertz CT molecular complexity index is 763. The van der Waals surface area contributed by atoms with Crippen LogP contribution in [0.2, 0.25) is 0 Å². The van der Waals surface area contributed by atoms with E-state index in [4.69, 9.17) is 0 Å². The van der Waals surface area contributed by atoms with Gasteiger partial charge in [-0.2, -0.15) is 18.3 Å². The molecule has 1 fully saturated rings. The molecule has 0 saturated carbocycles. The van der Waals surface area contributed by atoms with Crippen LogP contribution < -0.4 is 10.6 Å². The van der Waals surface area contributed by atoms with E-state index in [-0.39, 0.29) is 30.0 Å². The lowest BCUT2D eigenvalue weighted by molar-refractivity contribution is -0.143. The minimum Gasteiger partial charge on any atom is -0.357 e. The monoisotopic (exact) mass is 523 g/mol. The molecule has 0 amide bonds. The fourth-order valence-corrected chi connectivity index (χ4v) is 3.13. The van der Waals surface area contributed by atoms with Crippen molar-refractivity contribution < 1.29 is 13.2 Å². The summed E-state index contributed by atoms with van der Waals surface area (Å²) in [5, 5.41) is 10.5. The Kier molecular flexibility index (Phi) is 8.68. The van der Waals surface area contributed by atoms with E-state index in [0.29, 0.717) is 38.6 Å². The van der Waals surface area contributed by atoms with Gasteiger partial charge >= 0.3 is 6.18 Å². The molecular weight excluding hydrogens is 498 g/mol. The normalized spacial score (nSPS) is 17.8. The van der Waals surface area contributed by atoms with Gasteiger partial charge in [-0.3, -0.25) is 4.90 Å². The third-order valence-electron chi connectivity index (χ3n) is 4.40. The van der Waals surface area contributed by atoms with Crippen molar-refractivity contribution in [3.05, 3.63) is 42.5 Å². The van der Waals surface area contributed by atoms with Gasteiger partial charge < -0.3 is 10.6 Å². The number of halogens is 4. The first-order valence-electron chi connectivity index (χ1n) is 9.21. The van der Waals surface area contributed by atoms with Crippen LogP contribution in [-0.4, -0.2) is 64.0 Å². The van der Waals surface area contributed by atoms with E-state index >= 15 is 0 Å². The van der Waals surface area contributed by atoms with Gasteiger partial charge in [-0.1, -0.05) is 12.1 Å². The second kappa shape index (κ2) is 10.8. The molecule has 0 aliphatic carbocycles. The summed E-state index contributed by atoms with van der Waals surface area (Å²) in [6.45, 7) is 3.02. The van der Waals surface area contributed by atoms with Crippen molar-refractivity contribution in [2.75, 3.05) is 26.2 Å². The highest BCUT2D eigenvalue weighted by molar-refractivity contribution is 14.0. The molecule has 1 unspecified atom stereocenters. The molecule has 29 heavy (non-hydrogen) atoms. The number of likely N-dealkylation sites (tertiary alicyclic amines) is 1. The molecule has 11 heteroatoms. The van der Waals surface area contributed by atoms with E-state index in [1.165, 1.54) is 11.2 Å². The van der Waals surface area contributed by atoms with Crippen LogP contribution in [0.1, 0.15) is 18.9 Å². The highest BCUT2D eigenvalue weighted by Crippen LogP contribution is 2.20. The van der Waals surface area contributed by atoms with Gasteiger partial charge in [0.05, 0.1) is 18.8 Å². The summed E-state index contributed by atoms with van der Waals surface area (Å²) in [7, 11) is 0. The van der Waals surface area contributed by atoms with Gasteiger partial charge in [-0.25, -0.2) is 14.7 Å². The number of hydrogen-bond donors (Lipinski definition) is 2. The molecule has 2 heterocycles. The summed E-state index contributed by atoms with van der Waals surface area (Å²) >= 11 is 0. The van der Waals surface area contributed by atoms with Crippen LogP contribution in [-0.2, 0) is 6.54 Å². The number of alkyl halides is 3. The summed E-state index contributed by atoms with van der Waals surface area (Å²) in [6, 6.07) is 7.75. The second-order valence-electron chi connectivity index (χ2n) is 6.68. The highest BCUT2D eigenvalue weighted by Gasteiger charge is 2.34. The molecule has 0 spiro atoms. The topological polar surface area (TPSA) is 70.4 Å². The molecule has 1 aliphatic heterocycles. The third-order valence-corrected chi connectivity index (χ3v) is 4.40. The zero-order chi connectivity index (χ0) is 20.0. The molecule has 160 valence electrons. The van der Waals surface area contributed by atoms with Gasteiger partial charge in [0, 0.05) is 25.7 Å². The average molecular weight is 523 g/mol. The first-order valence-corrected chi connectivity index (χ1v) is 9.21. The van der Waals surface area contributed by atoms with E-state index in [1.807, 2.05) is 31.2 Å². The van der Waals surface area contributed by atoms with Crippen LogP contribution in [0.15, 0.2) is 41.9 Å². The molecule has 3 rings (SSSR count). The van der Waals surface area contributed by atoms with Crippen LogP contribution in [0.25, 0.3) is 5.69 Å². The van der Waals surface area contributed by atoms with Gasteiger partial charge in [0.1, 0.15) is 12.7 Å². The van der Waals surface area contributed by atoms with Gasteiger partial charge in [0.15, 0.2) is 5.96 Å². The van der Waals surface area contributed by atoms with Crippen LogP contribution in [0.4, 0.5) is 13.2 Å². The van der Waals surface area contributed by atoms with Crippen molar-refractivity contribution in [2.24, 2.45) is 4.99 Å². The molecule has 1 atom stereocenters. The Hall–Kier alpha value is -1.89. The Morgan fingerprint density at radius 3 is 2.66 bits per heavy atom. The first-order chi connectivity index (χ1) is 13.4. The van der Waals surface area contributed by atoms with Crippen molar-refractivity contribution in [3.63, 3.8) is 0 Å². The predicted molar refractivity (Wildman–Crippen MR) is 116 cm³/mol. The molecule has 2 N–H and O–H groups in total. The minimum atomic E-state index is -4.16. The maximum Gasteiger partial charge on any atom is 0.401 e. The maximum absolute atomic E-state index is 12.5. The molecule has 0 bridgehead atoms. The molecule has 0 radical (unpaired) electrons. The SMILES string of the molecule is CCNC(=NCc1ccc(-n2cncn2)cc1)NC1CCN(CC(F)(F)F)C1.I. The predicted octanol–water partition coefficient (Wildman–Crippen LogP) is 2.58. The number of aliphatic imine (C=N–C) groups is 1. The van der Waals surface area contributed by atoms with Crippen LogP contribution in [0.5, 0.6) is 0 Å². The van der Waals surface area contributed by atoms with Crippen molar-refractivity contribution in [1.29, 1.82) is 0 Å². The molecular formula is C18H25F3IN7. The number of benzene rings is 1. The van der Waals surface area contributed by atoms with Crippen molar-refractivity contribution in [2.45, 2.75) is 32.1 Å². The largest absolute Gasteiger partial charge is 0.401 e. The zero-order valence-electron chi connectivity index (χ0n) is 16.1. The summed E-state index contributed by atoms with van der Waals surface area (Å²) < 4.78 is 39.3. The fraction of sp³-hybridized carbons (Fsp3) is 0.500. The second-order valence-corrected chi connectivity index (χ2v) is 6.68. The number of rotatable bonds is 6. The van der Waals surface area contributed by atoms with E-state index in [2.05, 4.69) is 25.7 Å². The molecule has 7 nitrogen and oxygen atoms in total. The molecule has 1 aliphatic rings. The Morgan fingerprint density at radius 2 is 2.03 bits per heavy atom. The maximum atomic E-state index is 12.5. The number of aromatic nitrogens is 3. The average Bonchev–Trinajstić information content (AvgIpc) is 3.31. The van der Waals surface area contributed by atoms with Gasteiger partial charge in [0.25, 0.3) is 0 Å². The Morgan fingerprint density at radius 1 is 1.28 bits per heavy atom. The van der Waals surface area contributed by atoms with E-state index in [9.17, 15) is 13.2 Å². The van der Waals surface area contributed by atoms with Gasteiger partial charge in [-0.15, -0.1) is 24.0 Å². The quantitative estimate of drug-likeness (QED) is 0.346. The lowest BCUT2D eigenvalue weighted by Gasteiger charge is -2.19. The van der Waals surface area contributed by atoms with Gasteiger partial charge in [0.2, 0.25) is 0 Å². The van der Waals surface area contributed by atoms with Crippen molar-refractivity contribution in [1.82, 2.24) is 30.3 Å². The van der Waals surface area contributed by atoms with Crippen molar-refractivity contribution in [3.8, 4) is 5.69 Å². The highest BCUT2D eigenvalue weighted by atomic mass is 127. The summed E-state index contributed by atoms with van der Waals surface area (Å²) in [6.07, 6.45) is -0.394. The smallest absolute Gasteiger partial charge is 0.357 e. The molecule has 1 aromatic heterocycles. The summed E-state index contributed by atoms with van der Waals surface area (Å²) in [5.74, 6) is 0.613. The van der Waals surface area contributed by atoms with Crippen molar-refractivity contribution >= 4 is 29.9 Å². The Balaban J connectivity index is 0.00000300. The minimum absolute atomic E-state index is 0. The molecule has 1 saturated heterocycles. The number of hydrogen-bond acceptors (Lipinski definition) is 4. The zero-order valence-corrected chi connectivity index (χ0v) is 18.4. The third kappa shape index (κ3) is 7.46. The van der Waals surface area contributed by atoms with Gasteiger partial charge in [-0.05, 0) is 31.0 Å². The lowest BCUT2D eigenvalue weighted by Crippen LogP contribution is -2.45. The fourth-order valence-electron chi connectivity index (χ4n) is 3.13. The van der Waals surface area contributed by atoms with Crippen LogP contribution in [0, 0.1) is 0 Å². The number of nitrogens with one attached hydrogen (secondary N) is 2. The first kappa shape index (κ1) is 23.4. The standard InChI is InChI=1S/C18H24F3N7.HI/c1-2-23-17(26-15-7-8-27(10-15)11-18(19,20)21)24-9-14-3-5-16(6-4-14)28-13-22-12-25-28;/h3-6,12-13,15H,2,7-11H2,1H3,(H2,23,24,26);1H. The number of guanidine groups is 1. The van der Waals surface area contributed by atoms with Crippen LogP contribution >= 0.6 is 24.0 Å². The summed E-state index contributed by atoms with van der Waals surface area (Å²) in [4.78, 5) is 9.90. The summed E-state index contributed by atoms with van der Waals surface area (Å²) in [5.41, 5.74) is 1.93.